The van der Waals surface area contributed by atoms with E-state index in [1.807, 2.05) is 23.6 Å². The first-order valence-corrected chi connectivity index (χ1v) is 3.09. The molecule has 1 aromatic heterocycles. The second-order valence-corrected chi connectivity index (χ2v) is 2.24. The first kappa shape index (κ1) is 6.43. The van der Waals surface area contributed by atoms with E-state index in [0.29, 0.717) is 5.15 Å². The van der Waals surface area contributed by atoms with Gasteiger partial charge in [0.15, 0.2) is 0 Å². The summed E-state index contributed by atoms with van der Waals surface area (Å²) < 4.78 is 1.82. The summed E-state index contributed by atoms with van der Waals surface area (Å²) in [6.07, 6.45) is 1.69. The molecule has 1 heterocycles. The standard InChI is InChI=1S/C7H8ClN/c1-3-9-6(2)4-5-7(9)8/h3-5H,1H2,2H3. The van der Waals surface area contributed by atoms with Crippen LogP contribution < -0.4 is 0 Å². The number of nitrogens with zero attached hydrogens (tertiary/aromatic N) is 1. The molecule has 1 rings (SSSR count). The summed E-state index contributed by atoms with van der Waals surface area (Å²) in [7, 11) is 0. The second-order valence-electron chi connectivity index (χ2n) is 1.85. The summed E-state index contributed by atoms with van der Waals surface area (Å²) in [6, 6.07) is 3.79. The lowest BCUT2D eigenvalue weighted by Gasteiger charge is -1.96. The molecule has 9 heavy (non-hydrogen) atoms. The molecule has 1 nitrogen and oxygen atoms in total. The Labute approximate surface area is 59.6 Å². The highest BCUT2D eigenvalue weighted by atomic mass is 35.5. The fraction of sp³-hybridized carbons (Fsp3) is 0.143. The van der Waals surface area contributed by atoms with Crippen molar-refractivity contribution >= 4 is 17.8 Å². The Morgan fingerprint density at radius 2 is 2.33 bits per heavy atom. The number of aryl methyl sites for hydroxylation is 1. The summed E-state index contributed by atoms with van der Waals surface area (Å²) >= 11 is 5.74. The van der Waals surface area contributed by atoms with Crippen molar-refractivity contribution in [3.05, 3.63) is 29.6 Å². The van der Waals surface area contributed by atoms with E-state index in [1.165, 1.54) is 0 Å². The van der Waals surface area contributed by atoms with E-state index in [2.05, 4.69) is 6.58 Å². The van der Waals surface area contributed by atoms with E-state index in [9.17, 15) is 0 Å². The quantitative estimate of drug-likeness (QED) is 0.567. The molecule has 0 atom stereocenters. The highest BCUT2D eigenvalue weighted by Gasteiger charge is 1.95. The topological polar surface area (TPSA) is 4.93 Å². The van der Waals surface area contributed by atoms with Gasteiger partial charge in [0, 0.05) is 11.9 Å². The Kier molecular flexibility index (Phi) is 1.63. The fourth-order valence-electron chi connectivity index (χ4n) is 0.750. The molecule has 0 aliphatic heterocycles. The van der Waals surface area contributed by atoms with Crippen LogP contribution in [0.15, 0.2) is 18.7 Å². The molecular formula is C7H8ClN. The Morgan fingerprint density at radius 1 is 1.67 bits per heavy atom. The average molecular weight is 142 g/mol. The molecule has 0 aromatic carbocycles. The Bertz CT molecular complexity index is 205. The zero-order valence-electron chi connectivity index (χ0n) is 5.26. The molecule has 0 saturated heterocycles. The van der Waals surface area contributed by atoms with E-state index < -0.39 is 0 Å². The van der Waals surface area contributed by atoms with Gasteiger partial charge in [-0.15, -0.1) is 0 Å². The van der Waals surface area contributed by atoms with E-state index >= 15 is 0 Å². The summed E-state index contributed by atoms with van der Waals surface area (Å²) in [4.78, 5) is 0. The Balaban J connectivity index is 3.22. The number of halogens is 1. The van der Waals surface area contributed by atoms with Gasteiger partial charge in [-0.05, 0) is 19.1 Å². The first-order valence-electron chi connectivity index (χ1n) is 2.71. The minimum atomic E-state index is 0.711. The molecule has 2 heteroatoms. The predicted octanol–water partition coefficient (Wildman–Crippen LogP) is 2.55. The molecule has 0 aliphatic carbocycles. The van der Waals surface area contributed by atoms with Crippen molar-refractivity contribution in [3.63, 3.8) is 0 Å². The van der Waals surface area contributed by atoms with Gasteiger partial charge in [0.2, 0.25) is 0 Å². The molecule has 0 aliphatic rings. The minimum Gasteiger partial charge on any atom is -0.312 e. The predicted molar refractivity (Wildman–Crippen MR) is 40.6 cm³/mol. The molecule has 0 amide bonds. The third-order valence-electron chi connectivity index (χ3n) is 1.25. The van der Waals surface area contributed by atoms with E-state index in [1.54, 1.807) is 6.20 Å². The average Bonchev–Trinajstić information content (AvgIpc) is 2.12. The van der Waals surface area contributed by atoms with Gasteiger partial charge in [-0.25, -0.2) is 0 Å². The normalized spacial score (nSPS) is 9.56. The third-order valence-corrected chi connectivity index (χ3v) is 1.56. The van der Waals surface area contributed by atoms with Crippen LogP contribution in [0.25, 0.3) is 6.20 Å². The first-order chi connectivity index (χ1) is 4.25. The van der Waals surface area contributed by atoms with Gasteiger partial charge in [-0.3, -0.25) is 0 Å². The van der Waals surface area contributed by atoms with Crippen molar-refractivity contribution in [2.24, 2.45) is 0 Å². The van der Waals surface area contributed by atoms with Crippen LogP contribution in [0.4, 0.5) is 0 Å². The largest absolute Gasteiger partial charge is 0.312 e. The highest BCUT2D eigenvalue weighted by Crippen LogP contribution is 2.13. The van der Waals surface area contributed by atoms with Crippen molar-refractivity contribution in [3.8, 4) is 0 Å². The van der Waals surface area contributed by atoms with Crippen LogP contribution in [0.1, 0.15) is 5.69 Å². The molecule has 0 N–H and O–H groups in total. The van der Waals surface area contributed by atoms with Crippen molar-refractivity contribution in [2.75, 3.05) is 0 Å². The Morgan fingerprint density at radius 3 is 2.56 bits per heavy atom. The van der Waals surface area contributed by atoms with Crippen LogP contribution in [-0.2, 0) is 0 Å². The van der Waals surface area contributed by atoms with Crippen LogP contribution in [0.3, 0.4) is 0 Å². The molecule has 0 spiro atoms. The molecule has 0 saturated carbocycles. The number of hydrogen-bond donors (Lipinski definition) is 0. The smallest absolute Gasteiger partial charge is 0.113 e. The lowest BCUT2D eigenvalue weighted by Crippen LogP contribution is -1.85. The second kappa shape index (κ2) is 2.28. The van der Waals surface area contributed by atoms with Gasteiger partial charge in [0.1, 0.15) is 5.15 Å². The van der Waals surface area contributed by atoms with Gasteiger partial charge < -0.3 is 4.57 Å². The van der Waals surface area contributed by atoms with E-state index in [0.717, 1.165) is 5.69 Å². The molecule has 1 aromatic rings. The lowest BCUT2D eigenvalue weighted by atomic mass is 10.5. The maximum Gasteiger partial charge on any atom is 0.113 e. The van der Waals surface area contributed by atoms with Crippen molar-refractivity contribution in [1.82, 2.24) is 4.57 Å². The molecule has 0 unspecified atom stereocenters. The Hall–Kier alpha value is -0.690. The summed E-state index contributed by atoms with van der Waals surface area (Å²) in [5.74, 6) is 0. The number of rotatable bonds is 1. The maximum absolute atomic E-state index is 5.74. The van der Waals surface area contributed by atoms with E-state index in [4.69, 9.17) is 11.6 Å². The van der Waals surface area contributed by atoms with Gasteiger partial charge in [-0.2, -0.15) is 0 Å². The molecule has 0 bridgehead atoms. The lowest BCUT2D eigenvalue weighted by molar-refractivity contribution is 1.09. The zero-order valence-corrected chi connectivity index (χ0v) is 6.02. The van der Waals surface area contributed by atoms with Crippen LogP contribution in [0, 0.1) is 6.92 Å². The summed E-state index contributed by atoms with van der Waals surface area (Å²) in [5, 5.41) is 0.711. The minimum absolute atomic E-state index is 0.711. The summed E-state index contributed by atoms with van der Waals surface area (Å²) in [6.45, 7) is 5.58. The van der Waals surface area contributed by atoms with Crippen molar-refractivity contribution in [1.29, 1.82) is 0 Å². The summed E-state index contributed by atoms with van der Waals surface area (Å²) in [5.41, 5.74) is 1.11. The van der Waals surface area contributed by atoms with Gasteiger partial charge in [0.25, 0.3) is 0 Å². The van der Waals surface area contributed by atoms with Gasteiger partial charge in [-0.1, -0.05) is 18.2 Å². The molecule has 0 fully saturated rings. The van der Waals surface area contributed by atoms with Gasteiger partial charge >= 0.3 is 0 Å². The van der Waals surface area contributed by atoms with Crippen LogP contribution in [0.2, 0.25) is 5.15 Å². The maximum atomic E-state index is 5.74. The van der Waals surface area contributed by atoms with Crippen LogP contribution in [-0.4, -0.2) is 4.57 Å². The number of hydrogen-bond acceptors (Lipinski definition) is 0. The van der Waals surface area contributed by atoms with Crippen LogP contribution in [0.5, 0.6) is 0 Å². The molecule has 0 radical (unpaired) electrons. The van der Waals surface area contributed by atoms with Crippen molar-refractivity contribution < 1.29 is 0 Å². The van der Waals surface area contributed by atoms with Crippen LogP contribution >= 0.6 is 11.6 Å². The zero-order chi connectivity index (χ0) is 6.85. The van der Waals surface area contributed by atoms with Crippen molar-refractivity contribution in [2.45, 2.75) is 6.92 Å². The monoisotopic (exact) mass is 141 g/mol. The third kappa shape index (κ3) is 1.01. The molecular weight excluding hydrogens is 134 g/mol. The van der Waals surface area contributed by atoms with Gasteiger partial charge in [0.05, 0.1) is 0 Å². The fourth-order valence-corrected chi connectivity index (χ4v) is 1.01. The SMILES string of the molecule is C=Cn1c(C)ccc1Cl. The highest BCUT2D eigenvalue weighted by molar-refractivity contribution is 6.30. The van der Waals surface area contributed by atoms with E-state index in [-0.39, 0.29) is 0 Å². The molecule has 48 valence electrons. The number of aromatic nitrogens is 1.